The predicted molar refractivity (Wildman–Crippen MR) is 147 cm³/mol. The molecule has 0 aromatic heterocycles. The Morgan fingerprint density at radius 1 is 0.950 bits per heavy atom. The van der Waals surface area contributed by atoms with E-state index in [4.69, 9.17) is 28.6 Å². The lowest BCUT2D eigenvalue weighted by molar-refractivity contribution is -0.145. The third-order valence-electron chi connectivity index (χ3n) is 7.01. The van der Waals surface area contributed by atoms with Crippen molar-refractivity contribution in [3.63, 3.8) is 0 Å². The zero-order valence-electron chi connectivity index (χ0n) is 22.8. The Morgan fingerprint density at radius 3 is 2.17 bits per heavy atom. The molecule has 0 saturated heterocycles. The van der Waals surface area contributed by atoms with Gasteiger partial charge in [0.15, 0.2) is 23.0 Å². The van der Waals surface area contributed by atoms with Crippen molar-refractivity contribution in [2.75, 3.05) is 27.9 Å². The normalized spacial score (nSPS) is 16.7. The van der Waals surface area contributed by atoms with E-state index in [1.165, 1.54) is 37.3 Å². The first-order valence-electron chi connectivity index (χ1n) is 12.7. The van der Waals surface area contributed by atoms with Gasteiger partial charge >= 0.3 is 16.1 Å². The fraction of sp³-hybridized carbons (Fsp3) is 0.345. The third kappa shape index (κ3) is 6.01. The molecule has 3 aromatic carbocycles. The van der Waals surface area contributed by atoms with E-state index < -0.39 is 22.2 Å². The summed E-state index contributed by atoms with van der Waals surface area (Å²) in [6.07, 6.45) is 0.359. The number of rotatable bonds is 7. The zero-order valence-corrected chi connectivity index (χ0v) is 23.6. The third-order valence-corrected chi connectivity index (χ3v) is 8.25. The molecule has 2 aliphatic heterocycles. The Balaban J connectivity index is 0.000000557. The van der Waals surface area contributed by atoms with E-state index in [2.05, 4.69) is 17.0 Å². The van der Waals surface area contributed by atoms with Crippen LogP contribution in [0.1, 0.15) is 35.2 Å². The monoisotopic (exact) mass is 571 g/mol. The van der Waals surface area contributed by atoms with E-state index in [0.29, 0.717) is 18.0 Å². The first kappa shape index (κ1) is 29.2. The van der Waals surface area contributed by atoms with Crippen molar-refractivity contribution in [1.82, 2.24) is 4.90 Å². The van der Waals surface area contributed by atoms with Crippen LogP contribution in [0.4, 0.5) is 0 Å². The van der Waals surface area contributed by atoms with Gasteiger partial charge in [0.1, 0.15) is 11.0 Å². The second-order valence-electron chi connectivity index (χ2n) is 9.45. The fourth-order valence-corrected chi connectivity index (χ4v) is 5.92. The Hall–Kier alpha value is -3.80. The van der Waals surface area contributed by atoms with Crippen LogP contribution in [0, 0.1) is 0 Å². The summed E-state index contributed by atoms with van der Waals surface area (Å²) in [6.45, 7) is 2.60. The molecule has 0 saturated carbocycles. The minimum atomic E-state index is -4.00. The molecule has 3 aromatic rings. The van der Waals surface area contributed by atoms with Crippen LogP contribution in [0.5, 0.6) is 23.0 Å². The first-order valence-corrected chi connectivity index (χ1v) is 14.1. The molecular weight excluding hydrogens is 538 g/mol. The van der Waals surface area contributed by atoms with Crippen molar-refractivity contribution in [3.05, 3.63) is 76.9 Å². The molecule has 0 amide bonds. The molecule has 10 nitrogen and oxygen atoms in total. The summed E-state index contributed by atoms with van der Waals surface area (Å²) in [5.74, 6) is 0.926. The van der Waals surface area contributed by atoms with Crippen molar-refractivity contribution in [2.45, 2.75) is 43.4 Å². The highest BCUT2D eigenvalue weighted by atomic mass is 32.2. The maximum atomic E-state index is 13.0. The Bertz CT molecular complexity index is 1470. The Labute approximate surface area is 233 Å². The van der Waals surface area contributed by atoms with Crippen molar-refractivity contribution in [3.8, 4) is 23.0 Å². The van der Waals surface area contributed by atoms with Gasteiger partial charge in [-0.3, -0.25) is 4.90 Å². The number of ether oxygens (including phenoxy) is 3. The number of carboxylic acids is 1. The van der Waals surface area contributed by atoms with Crippen LogP contribution in [0.25, 0.3) is 0 Å². The number of carbonyl (C=O) groups is 1. The van der Waals surface area contributed by atoms with Crippen LogP contribution >= 0.6 is 0 Å². The van der Waals surface area contributed by atoms with Crippen LogP contribution in [-0.4, -0.2) is 63.5 Å². The molecule has 214 valence electrons. The van der Waals surface area contributed by atoms with Gasteiger partial charge in [-0.2, -0.15) is 8.42 Å². The topological polar surface area (TPSA) is 132 Å². The van der Waals surface area contributed by atoms with Gasteiger partial charge in [0, 0.05) is 24.7 Å². The molecule has 0 bridgehead atoms. The molecule has 11 heteroatoms. The quantitative estimate of drug-likeness (QED) is 0.406. The molecule has 2 N–H and O–H groups in total. The van der Waals surface area contributed by atoms with Gasteiger partial charge in [-0.25, -0.2) is 4.79 Å². The van der Waals surface area contributed by atoms with E-state index in [1.807, 2.05) is 6.07 Å². The number of aliphatic carboxylic acids is 1. The minimum absolute atomic E-state index is 0.108. The zero-order chi connectivity index (χ0) is 29.0. The largest absolute Gasteiger partial charge is 0.493 e. The van der Waals surface area contributed by atoms with Gasteiger partial charge in [-0.15, -0.1) is 0 Å². The van der Waals surface area contributed by atoms with Crippen LogP contribution in [-0.2, 0) is 34.3 Å². The Morgan fingerprint density at radius 2 is 1.57 bits per heavy atom. The van der Waals surface area contributed by atoms with E-state index in [9.17, 15) is 13.2 Å². The number of hydrogen-bond donors (Lipinski definition) is 2. The molecule has 40 heavy (non-hydrogen) atoms. The molecular formula is C29H33NO9S. The van der Waals surface area contributed by atoms with E-state index in [-0.39, 0.29) is 16.7 Å². The highest BCUT2D eigenvalue weighted by molar-refractivity contribution is 7.87. The summed E-state index contributed by atoms with van der Waals surface area (Å²) in [4.78, 5) is 11.9. The van der Waals surface area contributed by atoms with E-state index in [0.717, 1.165) is 36.3 Å². The summed E-state index contributed by atoms with van der Waals surface area (Å²) in [5, 5.41) is 15.8. The van der Waals surface area contributed by atoms with Crippen LogP contribution in [0.2, 0.25) is 0 Å². The van der Waals surface area contributed by atoms with Gasteiger partial charge in [0.05, 0.1) is 21.3 Å². The maximum absolute atomic E-state index is 13.0. The van der Waals surface area contributed by atoms with E-state index >= 15 is 0 Å². The summed E-state index contributed by atoms with van der Waals surface area (Å²) >= 11 is 0. The summed E-state index contributed by atoms with van der Waals surface area (Å²) in [7, 11) is 0.807. The molecule has 0 radical (unpaired) electrons. The highest BCUT2D eigenvalue weighted by Gasteiger charge is 2.36. The van der Waals surface area contributed by atoms with Gasteiger partial charge in [0.25, 0.3) is 0 Å². The average Bonchev–Trinajstić information content (AvgIpc) is 2.96. The summed E-state index contributed by atoms with van der Waals surface area (Å²) in [5.41, 5.74) is 4.35. The van der Waals surface area contributed by atoms with Crippen LogP contribution in [0.3, 0.4) is 0 Å². The van der Waals surface area contributed by atoms with Gasteiger partial charge in [-0.1, -0.05) is 24.3 Å². The lowest BCUT2D eigenvalue weighted by Crippen LogP contribution is -2.39. The standard InChI is InChI=1S/C26H27NO6S.C3H6O3/c1-30-23-10-9-17-13-22-20-15-25(32-3)24(31-2)14-18(20)11-12-27(22)16-21(17)26(23)33-34(28,29)19-7-5-4-6-8-19;1-2(4)3(5)6/h4-10,14-15,22H,11-13,16H2,1-3H3;2,4H,1H3,(H,5,6). The number of benzene rings is 3. The van der Waals surface area contributed by atoms with Crippen molar-refractivity contribution < 1.29 is 41.8 Å². The molecule has 5 rings (SSSR count). The minimum Gasteiger partial charge on any atom is -0.493 e. The van der Waals surface area contributed by atoms with Crippen molar-refractivity contribution in [1.29, 1.82) is 0 Å². The summed E-state index contributed by atoms with van der Waals surface area (Å²) in [6, 6.07) is 16.2. The van der Waals surface area contributed by atoms with Gasteiger partial charge in [0.2, 0.25) is 0 Å². The fourth-order valence-electron chi connectivity index (χ4n) is 4.93. The number of carboxylic acid groups (broad SMARTS) is 1. The number of fused-ring (bicyclic) bond motifs is 4. The SMILES string of the molecule is CC(O)C(=O)O.COc1cc2c(cc1OC)C1Cc3ccc(OC)c(OS(=O)(=O)c4ccccc4)c3CN1CC2. The molecule has 2 unspecified atom stereocenters. The number of aliphatic hydroxyl groups is 1. The average molecular weight is 572 g/mol. The molecule has 0 fully saturated rings. The second kappa shape index (κ2) is 12.2. The lowest BCUT2D eigenvalue weighted by Gasteiger charge is -2.42. The molecule has 2 atom stereocenters. The molecule has 0 spiro atoms. The van der Waals surface area contributed by atoms with E-state index in [1.54, 1.807) is 38.5 Å². The predicted octanol–water partition coefficient (Wildman–Crippen LogP) is 3.59. The van der Waals surface area contributed by atoms with Gasteiger partial charge < -0.3 is 28.6 Å². The maximum Gasteiger partial charge on any atom is 0.339 e. The molecule has 2 aliphatic rings. The Kier molecular flexibility index (Phi) is 8.87. The van der Waals surface area contributed by atoms with Crippen LogP contribution in [0.15, 0.2) is 59.5 Å². The first-order chi connectivity index (χ1) is 19.1. The van der Waals surface area contributed by atoms with Crippen molar-refractivity contribution in [2.24, 2.45) is 0 Å². The highest BCUT2D eigenvalue weighted by Crippen LogP contribution is 2.46. The number of methoxy groups -OCH3 is 3. The number of aliphatic hydroxyl groups excluding tert-OH is 1. The lowest BCUT2D eigenvalue weighted by atomic mass is 9.83. The van der Waals surface area contributed by atoms with Crippen LogP contribution < -0.4 is 18.4 Å². The molecule has 0 aliphatic carbocycles. The summed E-state index contributed by atoms with van der Waals surface area (Å²) < 4.78 is 48.3. The van der Waals surface area contributed by atoms with Gasteiger partial charge in [-0.05, 0) is 66.8 Å². The molecule has 2 heterocycles. The number of nitrogens with zero attached hydrogens (tertiary/aromatic N) is 1. The number of hydrogen-bond acceptors (Lipinski definition) is 9. The van der Waals surface area contributed by atoms with Crippen molar-refractivity contribution >= 4 is 16.1 Å². The smallest absolute Gasteiger partial charge is 0.339 e. The second-order valence-corrected chi connectivity index (χ2v) is 11.0.